The molecule has 2 atom stereocenters. The van der Waals surface area contributed by atoms with Crippen LogP contribution in [0.25, 0.3) is 0 Å². The molecule has 0 aliphatic carbocycles. The first-order valence-corrected chi connectivity index (χ1v) is 9.35. The van der Waals surface area contributed by atoms with Gasteiger partial charge in [-0.25, -0.2) is 0 Å². The first-order chi connectivity index (χ1) is 12.5. The van der Waals surface area contributed by atoms with E-state index in [9.17, 15) is 9.59 Å². The van der Waals surface area contributed by atoms with Crippen LogP contribution in [0.1, 0.15) is 26.3 Å². The standard InChI is InChI=1S/C20H19BrN2O3/c1-22-10-17(18(11-22)26-12-13-6-8-14(21)9-7-13)23-19(24)15-4-2-3-5-16(15)20(23)25/h2-9,17-18H,10-12H2,1H3/t17-,18-/m0/s1. The maximum absolute atomic E-state index is 12.8. The van der Waals surface area contributed by atoms with Crippen molar-refractivity contribution in [2.24, 2.45) is 0 Å². The Labute approximate surface area is 160 Å². The Morgan fingerprint density at radius 2 is 1.62 bits per heavy atom. The van der Waals surface area contributed by atoms with Crippen molar-refractivity contribution in [3.63, 3.8) is 0 Å². The van der Waals surface area contributed by atoms with E-state index in [1.54, 1.807) is 24.3 Å². The zero-order valence-electron chi connectivity index (χ0n) is 14.4. The van der Waals surface area contributed by atoms with E-state index in [0.717, 1.165) is 10.0 Å². The lowest BCUT2D eigenvalue weighted by molar-refractivity contribution is 0.00574. The van der Waals surface area contributed by atoms with E-state index in [4.69, 9.17) is 4.74 Å². The van der Waals surface area contributed by atoms with Gasteiger partial charge >= 0.3 is 0 Å². The highest BCUT2D eigenvalue weighted by Crippen LogP contribution is 2.29. The maximum atomic E-state index is 12.8. The van der Waals surface area contributed by atoms with Crippen LogP contribution in [0.5, 0.6) is 0 Å². The average molecular weight is 415 g/mol. The van der Waals surface area contributed by atoms with E-state index in [0.29, 0.717) is 30.8 Å². The molecule has 26 heavy (non-hydrogen) atoms. The lowest BCUT2D eigenvalue weighted by Gasteiger charge is -2.27. The van der Waals surface area contributed by atoms with E-state index in [1.807, 2.05) is 31.3 Å². The van der Waals surface area contributed by atoms with E-state index >= 15 is 0 Å². The summed E-state index contributed by atoms with van der Waals surface area (Å²) in [6.45, 7) is 1.76. The Kier molecular flexibility index (Phi) is 4.65. The van der Waals surface area contributed by atoms with Crippen LogP contribution >= 0.6 is 15.9 Å². The largest absolute Gasteiger partial charge is 0.370 e. The first-order valence-electron chi connectivity index (χ1n) is 8.56. The number of halogens is 1. The molecule has 0 radical (unpaired) electrons. The lowest BCUT2D eigenvalue weighted by Crippen LogP contribution is -2.47. The van der Waals surface area contributed by atoms with E-state index in [1.165, 1.54) is 4.90 Å². The molecule has 134 valence electrons. The summed E-state index contributed by atoms with van der Waals surface area (Å²) in [4.78, 5) is 29.1. The lowest BCUT2D eigenvalue weighted by atomic mass is 10.1. The third-order valence-corrected chi connectivity index (χ3v) is 5.48. The van der Waals surface area contributed by atoms with Gasteiger partial charge in [0.1, 0.15) is 0 Å². The van der Waals surface area contributed by atoms with Gasteiger partial charge in [-0.2, -0.15) is 0 Å². The molecule has 4 rings (SSSR count). The van der Waals surface area contributed by atoms with Crippen molar-refractivity contribution < 1.29 is 14.3 Å². The monoisotopic (exact) mass is 414 g/mol. The molecule has 0 saturated carbocycles. The number of amides is 2. The predicted octanol–water partition coefficient (Wildman–Crippen LogP) is 2.94. The molecule has 2 aromatic carbocycles. The number of hydrogen-bond acceptors (Lipinski definition) is 4. The molecule has 0 bridgehead atoms. The fourth-order valence-electron chi connectivity index (χ4n) is 3.64. The van der Waals surface area contributed by atoms with Gasteiger partial charge in [-0.3, -0.25) is 14.5 Å². The highest BCUT2D eigenvalue weighted by atomic mass is 79.9. The molecule has 2 aliphatic rings. The number of hydrogen-bond donors (Lipinski definition) is 0. The van der Waals surface area contributed by atoms with E-state index < -0.39 is 0 Å². The van der Waals surface area contributed by atoms with Crippen molar-refractivity contribution in [3.8, 4) is 0 Å². The van der Waals surface area contributed by atoms with Gasteiger partial charge in [0.25, 0.3) is 11.8 Å². The fourth-order valence-corrected chi connectivity index (χ4v) is 3.91. The third-order valence-electron chi connectivity index (χ3n) is 4.95. The molecule has 2 aliphatic heterocycles. The van der Waals surface area contributed by atoms with Crippen LogP contribution in [-0.4, -0.2) is 53.9 Å². The molecule has 0 N–H and O–H groups in total. The van der Waals surface area contributed by atoms with Crippen LogP contribution < -0.4 is 0 Å². The fraction of sp³-hybridized carbons (Fsp3) is 0.300. The van der Waals surface area contributed by atoms with Gasteiger partial charge in [0.2, 0.25) is 0 Å². The summed E-state index contributed by atoms with van der Waals surface area (Å²) in [5.74, 6) is -0.439. The highest BCUT2D eigenvalue weighted by Gasteiger charge is 2.46. The Hall–Kier alpha value is -2.02. The zero-order chi connectivity index (χ0) is 18.3. The quantitative estimate of drug-likeness (QED) is 0.721. The smallest absolute Gasteiger partial charge is 0.261 e. The number of imide groups is 1. The van der Waals surface area contributed by atoms with Gasteiger partial charge < -0.3 is 9.64 Å². The normalized spacial score (nSPS) is 22.9. The molecule has 0 unspecified atom stereocenters. The number of likely N-dealkylation sites (tertiary alicyclic amines) is 1. The van der Waals surface area contributed by atoms with Crippen LogP contribution in [-0.2, 0) is 11.3 Å². The minimum absolute atomic E-state index is 0.203. The van der Waals surface area contributed by atoms with Crippen LogP contribution in [0.3, 0.4) is 0 Å². The molecule has 2 aromatic rings. The SMILES string of the molecule is CN1C[C@H](OCc2ccc(Br)cc2)[C@@H](N2C(=O)c3ccccc3C2=O)C1. The molecule has 6 heteroatoms. The Morgan fingerprint density at radius 3 is 2.23 bits per heavy atom. The maximum Gasteiger partial charge on any atom is 0.261 e. The Balaban J connectivity index is 1.52. The zero-order valence-corrected chi connectivity index (χ0v) is 16.0. The summed E-state index contributed by atoms with van der Waals surface area (Å²) in [6, 6.07) is 14.7. The van der Waals surface area contributed by atoms with Crippen molar-refractivity contribution in [3.05, 3.63) is 69.7 Å². The molecule has 1 fully saturated rings. The molecule has 1 saturated heterocycles. The number of nitrogens with zero attached hydrogens (tertiary/aromatic N) is 2. The predicted molar refractivity (Wildman–Crippen MR) is 101 cm³/mol. The third kappa shape index (κ3) is 3.09. The Morgan fingerprint density at radius 1 is 1.00 bits per heavy atom. The van der Waals surface area contributed by atoms with E-state index in [-0.39, 0.29) is 24.0 Å². The molecular weight excluding hydrogens is 396 g/mol. The van der Waals surface area contributed by atoms with Crippen molar-refractivity contribution in [2.45, 2.75) is 18.8 Å². The van der Waals surface area contributed by atoms with Crippen molar-refractivity contribution in [1.29, 1.82) is 0 Å². The van der Waals surface area contributed by atoms with E-state index in [2.05, 4.69) is 20.8 Å². The van der Waals surface area contributed by atoms with Crippen LogP contribution in [0.15, 0.2) is 53.0 Å². The summed E-state index contributed by atoms with van der Waals surface area (Å²) < 4.78 is 7.14. The molecule has 0 spiro atoms. The number of benzene rings is 2. The molecule has 0 aromatic heterocycles. The minimum atomic E-state index is -0.275. The van der Waals surface area contributed by atoms with Crippen molar-refractivity contribution in [2.75, 3.05) is 20.1 Å². The van der Waals surface area contributed by atoms with Crippen LogP contribution in [0, 0.1) is 0 Å². The summed E-state index contributed by atoms with van der Waals surface area (Å²) in [5, 5.41) is 0. The van der Waals surface area contributed by atoms with Crippen LogP contribution in [0.2, 0.25) is 0 Å². The summed E-state index contributed by atoms with van der Waals surface area (Å²) in [6.07, 6.45) is -0.203. The Bertz CT molecular complexity index is 817. The second kappa shape index (κ2) is 6.95. The molecular formula is C20H19BrN2O3. The number of ether oxygens (including phenoxy) is 1. The number of fused-ring (bicyclic) bond motifs is 1. The van der Waals surface area contributed by atoms with Gasteiger partial charge in [-0.15, -0.1) is 0 Å². The van der Waals surface area contributed by atoms with Gasteiger partial charge in [0, 0.05) is 17.6 Å². The summed E-state index contributed by atoms with van der Waals surface area (Å²) >= 11 is 3.42. The highest BCUT2D eigenvalue weighted by molar-refractivity contribution is 9.10. The molecule has 2 heterocycles. The second-order valence-corrected chi connectivity index (χ2v) is 7.71. The summed E-state index contributed by atoms with van der Waals surface area (Å²) in [5.41, 5.74) is 2.03. The summed E-state index contributed by atoms with van der Waals surface area (Å²) in [7, 11) is 1.98. The van der Waals surface area contributed by atoms with Gasteiger partial charge in [-0.05, 0) is 36.9 Å². The second-order valence-electron chi connectivity index (χ2n) is 6.79. The van der Waals surface area contributed by atoms with Gasteiger partial charge in [0.15, 0.2) is 0 Å². The molecule has 2 amide bonds. The van der Waals surface area contributed by atoms with Gasteiger partial charge in [-0.1, -0.05) is 40.2 Å². The van der Waals surface area contributed by atoms with Crippen molar-refractivity contribution in [1.82, 2.24) is 9.80 Å². The van der Waals surface area contributed by atoms with Crippen molar-refractivity contribution >= 4 is 27.7 Å². The van der Waals surface area contributed by atoms with Crippen LogP contribution in [0.4, 0.5) is 0 Å². The topological polar surface area (TPSA) is 49.9 Å². The average Bonchev–Trinajstić information content (AvgIpc) is 3.12. The first kappa shape index (κ1) is 17.4. The number of carbonyl (C=O) groups excluding carboxylic acids is 2. The van der Waals surface area contributed by atoms with Gasteiger partial charge in [0.05, 0.1) is 29.9 Å². The number of likely N-dealkylation sites (N-methyl/N-ethyl adjacent to an activating group) is 1. The minimum Gasteiger partial charge on any atom is -0.370 e. The number of carbonyl (C=O) groups is 2. The molecule has 5 nitrogen and oxygen atoms in total. The number of rotatable bonds is 4.